The highest BCUT2D eigenvalue weighted by molar-refractivity contribution is 5.94. The molecule has 1 aromatic carbocycles. The van der Waals surface area contributed by atoms with Crippen molar-refractivity contribution in [1.29, 1.82) is 0 Å². The number of pyridine rings is 1. The predicted molar refractivity (Wildman–Crippen MR) is 103 cm³/mol. The third kappa shape index (κ3) is 2.45. The highest BCUT2D eigenvalue weighted by Gasteiger charge is 2.26. The van der Waals surface area contributed by atoms with Gasteiger partial charge in [-0.15, -0.1) is 0 Å². The van der Waals surface area contributed by atoms with Crippen molar-refractivity contribution in [3.63, 3.8) is 0 Å². The highest BCUT2D eigenvalue weighted by atomic mass is 15.2. The lowest BCUT2D eigenvalue weighted by atomic mass is 9.99. The molecule has 0 N–H and O–H groups in total. The Morgan fingerprint density at radius 3 is 2.68 bits per heavy atom. The number of aryl methyl sites for hydroxylation is 1. The summed E-state index contributed by atoms with van der Waals surface area (Å²) in [5.74, 6) is 0.872. The lowest BCUT2D eigenvalue weighted by Crippen LogP contribution is -2.30. The molecular weight excluding hydrogens is 306 g/mol. The summed E-state index contributed by atoms with van der Waals surface area (Å²) in [6, 6.07) is 8.86. The Bertz CT molecular complexity index is 949. The molecule has 0 amide bonds. The standard InChI is InChI=1S/C22H25N3/c1-15-16(2)25(13-17-7-8-17)22-20(15)11-23-12-21(22)24-10-9-18-5-3-4-6-19(18)14-24/h3-6,11-12,17H,7-10,13-14H2,1-2H3. The van der Waals surface area contributed by atoms with Crippen LogP contribution in [0.4, 0.5) is 5.69 Å². The average Bonchev–Trinajstić information content (AvgIpc) is 3.44. The van der Waals surface area contributed by atoms with E-state index in [1.807, 2.05) is 0 Å². The molecule has 2 aliphatic rings. The maximum Gasteiger partial charge on any atom is 0.0803 e. The second kappa shape index (κ2) is 5.62. The summed E-state index contributed by atoms with van der Waals surface area (Å²) < 4.78 is 2.57. The van der Waals surface area contributed by atoms with Crippen LogP contribution >= 0.6 is 0 Å². The Hall–Kier alpha value is -2.29. The van der Waals surface area contributed by atoms with E-state index in [4.69, 9.17) is 0 Å². The van der Waals surface area contributed by atoms with Gasteiger partial charge in [-0.05, 0) is 55.7 Å². The van der Waals surface area contributed by atoms with Crippen LogP contribution in [0.2, 0.25) is 0 Å². The molecule has 3 nitrogen and oxygen atoms in total. The number of hydrogen-bond donors (Lipinski definition) is 0. The number of rotatable bonds is 3. The van der Waals surface area contributed by atoms with Gasteiger partial charge < -0.3 is 9.47 Å². The van der Waals surface area contributed by atoms with Crippen LogP contribution in [0.15, 0.2) is 36.7 Å². The second-order valence-corrected chi connectivity index (χ2v) is 7.76. The van der Waals surface area contributed by atoms with Crippen LogP contribution in [0.1, 0.15) is 35.2 Å². The van der Waals surface area contributed by atoms with E-state index in [9.17, 15) is 0 Å². The van der Waals surface area contributed by atoms with Crippen molar-refractivity contribution in [1.82, 2.24) is 9.55 Å². The molecule has 3 heterocycles. The first kappa shape index (κ1) is 15.0. The molecule has 25 heavy (non-hydrogen) atoms. The molecule has 0 atom stereocenters. The lowest BCUT2D eigenvalue weighted by Gasteiger charge is -2.31. The monoisotopic (exact) mass is 331 g/mol. The zero-order valence-electron chi connectivity index (χ0n) is 15.1. The summed E-state index contributed by atoms with van der Waals surface area (Å²) in [5, 5.41) is 1.33. The molecule has 0 radical (unpaired) electrons. The minimum Gasteiger partial charge on any atom is -0.364 e. The Kier molecular flexibility index (Phi) is 3.37. The molecule has 0 saturated heterocycles. The van der Waals surface area contributed by atoms with E-state index in [2.05, 4.69) is 65.0 Å². The normalized spacial score (nSPS) is 17.1. The third-order valence-electron chi connectivity index (χ3n) is 6.13. The maximum absolute atomic E-state index is 4.60. The van der Waals surface area contributed by atoms with Gasteiger partial charge in [-0.2, -0.15) is 0 Å². The minimum absolute atomic E-state index is 0.872. The van der Waals surface area contributed by atoms with Gasteiger partial charge in [0.05, 0.1) is 17.4 Å². The first-order chi connectivity index (χ1) is 12.2. The van der Waals surface area contributed by atoms with Crippen molar-refractivity contribution in [3.8, 4) is 0 Å². The van der Waals surface area contributed by atoms with E-state index in [1.54, 1.807) is 0 Å². The Balaban J connectivity index is 1.63. The van der Waals surface area contributed by atoms with Crippen molar-refractivity contribution in [2.75, 3.05) is 11.4 Å². The quantitative estimate of drug-likeness (QED) is 0.698. The van der Waals surface area contributed by atoms with Crippen LogP contribution in [-0.4, -0.2) is 16.1 Å². The summed E-state index contributed by atoms with van der Waals surface area (Å²) in [5.41, 5.74) is 8.47. The molecular formula is C22H25N3. The zero-order valence-corrected chi connectivity index (χ0v) is 15.1. The minimum atomic E-state index is 0.872. The first-order valence-corrected chi connectivity index (χ1v) is 9.47. The van der Waals surface area contributed by atoms with Crippen molar-refractivity contribution >= 4 is 16.6 Å². The molecule has 2 aromatic heterocycles. The molecule has 5 rings (SSSR count). The fourth-order valence-electron chi connectivity index (χ4n) is 4.29. The van der Waals surface area contributed by atoms with Crippen LogP contribution in [0.25, 0.3) is 10.9 Å². The summed E-state index contributed by atoms with van der Waals surface area (Å²) in [6.07, 6.45) is 8.03. The van der Waals surface area contributed by atoms with Crippen molar-refractivity contribution in [3.05, 3.63) is 59.0 Å². The second-order valence-electron chi connectivity index (χ2n) is 7.76. The Morgan fingerprint density at radius 1 is 1.08 bits per heavy atom. The van der Waals surface area contributed by atoms with Gasteiger partial charge >= 0.3 is 0 Å². The fourth-order valence-corrected chi connectivity index (χ4v) is 4.29. The molecule has 1 saturated carbocycles. The van der Waals surface area contributed by atoms with E-state index < -0.39 is 0 Å². The zero-order chi connectivity index (χ0) is 17.0. The summed E-state index contributed by atoms with van der Waals surface area (Å²) in [4.78, 5) is 7.13. The average molecular weight is 331 g/mol. The van der Waals surface area contributed by atoms with E-state index in [1.165, 1.54) is 51.8 Å². The summed E-state index contributed by atoms with van der Waals surface area (Å²) >= 11 is 0. The molecule has 3 aromatic rings. The maximum atomic E-state index is 4.60. The fraction of sp³-hybridized carbons (Fsp3) is 0.409. The molecule has 1 aliphatic carbocycles. The van der Waals surface area contributed by atoms with Crippen LogP contribution in [0.3, 0.4) is 0 Å². The summed E-state index contributed by atoms with van der Waals surface area (Å²) in [6.45, 7) is 7.75. The molecule has 0 spiro atoms. The van der Waals surface area contributed by atoms with Gasteiger partial charge in [0.15, 0.2) is 0 Å². The number of nitrogens with zero attached hydrogens (tertiary/aromatic N) is 3. The van der Waals surface area contributed by atoms with Crippen molar-refractivity contribution in [2.24, 2.45) is 5.92 Å². The van der Waals surface area contributed by atoms with Crippen LogP contribution in [-0.2, 0) is 19.5 Å². The van der Waals surface area contributed by atoms with Gasteiger partial charge in [-0.1, -0.05) is 24.3 Å². The lowest BCUT2D eigenvalue weighted by molar-refractivity contribution is 0.630. The van der Waals surface area contributed by atoms with Crippen LogP contribution < -0.4 is 4.90 Å². The largest absolute Gasteiger partial charge is 0.364 e. The van der Waals surface area contributed by atoms with E-state index in [-0.39, 0.29) is 0 Å². The molecule has 0 bridgehead atoms. The SMILES string of the molecule is Cc1c(C)n(CC2CC2)c2c(N3CCc4ccccc4C3)cncc12. The summed E-state index contributed by atoms with van der Waals surface area (Å²) in [7, 11) is 0. The van der Waals surface area contributed by atoms with Gasteiger partial charge in [0, 0.05) is 36.9 Å². The molecule has 1 aliphatic heterocycles. The van der Waals surface area contributed by atoms with E-state index in [0.717, 1.165) is 32.0 Å². The smallest absolute Gasteiger partial charge is 0.0803 e. The van der Waals surface area contributed by atoms with E-state index in [0.29, 0.717) is 0 Å². The third-order valence-corrected chi connectivity index (χ3v) is 6.13. The van der Waals surface area contributed by atoms with Gasteiger partial charge in [-0.3, -0.25) is 4.98 Å². The molecule has 0 unspecified atom stereocenters. The van der Waals surface area contributed by atoms with Gasteiger partial charge in [0.25, 0.3) is 0 Å². The first-order valence-electron chi connectivity index (χ1n) is 9.47. The molecule has 3 heteroatoms. The van der Waals surface area contributed by atoms with Gasteiger partial charge in [0.1, 0.15) is 0 Å². The number of aromatic nitrogens is 2. The number of fused-ring (bicyclic) bond motifs is 2. The van der Waals surface area contributed by atoms with Gasteiger partial charge in [-0.25, -0.2) is 0 Å². The number of benzene rings is 1. The van der Waals surface area contributed by atoms with Crippen LogP contribution in [0, 0.1) is 19.8 Å². The topological polar surface area (TPSA) is 21.1 Å². The van der Waals surface area contributed by atoms with Crippen molar-refractivity contribution in [2.45, 2.75) is 46.2 Å². The molecule has 128 valence electrons. The Morgan fingerprint density at radius 2 is 1.88 bits per heavy atom. The van der Waals surface area contributed by atoms with Crippen LogP contribution in [0.5, 0.6) is 0 Å². The number of hydrogen-bond acceptors (Lipinski definition) is 2. The van der Waals surface area contributed by atoms with Crippen molar-refractivity contribution < 1.29 is 0 Å². The van der Waals surface area contributed by atoms with Gasteiger partial charge in [0.2, 0.25) is 0 Å². The van der Waals surface area contributed by atoms with E-state index >= 15 is 0 Å². The predicted octanol–water partition coefficient (Wildman–Crippen LogP) is 4.63. The molecule has 1 fully saturated rings. The Labute approximate surface area is 149 Å². The number of anilines is 1. The highest BCUT2D eigenvalue weighted by Crippen LogP contribution is 2.38.